The highest BCUT2D eigenvalue weighted by molar-refractivity contribution is 9.10. The van der Waals surface area contributed by atoms with E-state index in [0.29, 0.717) is 62.1 Å². The number of non-ortho nitro benzene ring substituents is 1. The Morgan fingerprint density at radius 2 is 1.48 bits per heavy atom. The molecule has 1 aliphatic heterocycles. The van der Waals surface area contributed by atoms with Crippen LogP contribution >= 0.6 is 27.7 Å². The van der Waals surface area contributed by atoms with Crippen LogP contribution in [-0.2, 0) is 33.8 Å². The fraction of sp³-hybridized carbons (Fsp3) is 0.113. The van der Waals surface area contributed by atoms with Crippen LogP contribution in [0.3, 0.4) is 0 Å². The van der Waals surface area contributed by atoms with E-state index in [-0.39, 0.29) is 33.0 Å². The number of pyridine rings is 3. The Balaban J connectivity index is 0.000000126. The van der Waals surface area contributed by atoms with Crippen molar-refractivity contribution < 1.29 is 22.9 Å². The van der Waals surface area contributed by atoms with Crippen molar-refractivity contribution in [1.29, 1.82) is 5.26 Å². The molecule has 7 aromatic carbocycles. The number of nitrogens with two attached hydrogens (primary N) is 1. The predicted molar refractivity (Wildman–Crippen MR) is 431 cm³/mol. The van der Waals surface area contributed by atoms with Crippen LogP contribution in [0.5, 0.6) is 0 Å². The van der Waals surface area contributed by atoms with E-state index in [0.717, 1.165) is 115 Å². The lowest BCUT2D eigenvalue weighted by atomic mass is 9.86. The Bertz CT molecular complexity index is 6850. The number of hydrazone groups is 1. The molecule has 0 radical (unpaired) electrons. The number of rotatable bonds is 12. The number of carbonyl (C=O) groups excluding carboxylic acids is 2. The number of aromatic nitrogens is 14. The van der Waals surface area contributed by atoms with Crippen LogP contribution in [0, 0.1) is 42.2 Å². The maximum Gasteiger partial charge on any atom is 0.333 e. The number of nitro benzene ring substituents is 1. The largest absolute Gasteiger partial charge is 0.382 e. The van der Waals surface area contributed by atoms with Crippen molar-refractivity contribution in [2.75, 3.05) is 12.8 Å². The maximum absolute atomic E-state index is 13.6. The van der Waals surface area contributed by atoms with Crippen LogP contribution in [0.2, 0.25) is 0 Å². The minimum Gasteiger partial charge on any atom is -0.382 e. The van der Waals surface area contributed by atoms with E-state index < -0.39 is 20.4 Å². The molecule has 111 heavy (non-hydrogen) atoms. The number of anilines is 1. The molecule has 17 rings (SSSR count). The summed E-state index contributed by atoms with van der Waals surface area (Å²) in [5.41, 5.74) is 20.2. The van der Waals surface area contributed by atoms with E-state index in [4.69, 9.17) is 10.7 Å². The van der Waals surface area contributed by atoms with Gasteiger partial charge in [-0.2, -0.15) is 23.2 Å². The first-order chi connectivity index (χ1) is 53.3. The number of hydrogen-bond donors (Lipinski definition) is 2. The van der Waals surface area contributed by atoms with Gasteiger partial charge in [0.05, 0.1) is 119 Å². The average molecular weight is 1580 g/mol. The second-order valence-electron chi connectivity index (χ2n) is 26.1. The van der Waals surface area contributed by atoms with Gasteiger partial charge in [0.25, 0.3) is 32.4 Å². The Kier molecular flexibility index (Phi) is 20.3. The van der Waals surface area contributed by atoms with E-state index in [1.807, 2.05) is 160 Å². The Hall–Kier alpha value is -13.8. The van der Waals surface area contributed by atoms with Crippen LogP contribution in [0.4, 0.5) is 16.3 Å². The number of carbonyl (C=O) groups is 2. The normalized spacial score (nSPS) is 12.7. The molecule has 1 saturated heterocycles. The summed E-state index contributed by atoms with van der Waals surface area (Å²) in [6.07, 6.45) is 16.3. The number of imidazole rings is 3. The van der Waals surface area contributed by atoms with Crippen molar-refractivity contribution in [1.82, 2.24) is 77.3 Å². The number of aryl methyl sites for hydroxylation is 4. The number of fused-ring (bicyclic) bond motifs is 8. The third-order valence-corrected chi connectivity index (χ3v) is 21.6. The molecular weight excluding hydrogens is 1510 g/mol. The molecule has 10 heterocycles. The van der Waals surface area contributed by atoms with Crippen LogP contribution in [0.25, 0.3) is 100 Å². The van der Waals surface area contributed by atoms with E-state index in [9.17, 15) is 43.0 Å². The van der Waals surface area contributed by atoms with Crippen molar-refractivity contribution in [3.05, 3.63) is 293 Å². The molecule has 0 aliphatic carbocycles. The number of thioether (sulfide) groups is 1. The smallest absolute Gasteiger partial charge is 0.333 e. The molecule has 28 nitrogen and oxygen atoms in total. The number of nitrogens with one attached hydrogen (secondary N) is 1. The zero-order valence-electron chi connectivity index (χ0n) is 60.2. The number of nitro groups is 1. The van der Waals surface area contributed by atoms with Crippen molar-refractivity contribution in [3.63, 3.8) is 0 Å². The summed E-state index contributed by atoms with van der Waals surface area (Å²) in [6, 6.07) is 52.5. The number of nitrogens with zero attached hydrogens (tertiary/aromatic N) is 18. The summed E-state index contributed by atoms with van der Waals surface area (Å²) in [6.45, 7) is 9.55. The number of hydrogen-bond acceptors (Lipinski definition) is 21. The minimum atomic E-state index is -4.05. The molecule has 0 bridgehead atoms. The van der Waals surface area contributed by atoms with Gasteiger partial charge in [0.2, 0.25) is 0 Å². The maximum atomic E-state index is 13.6. The average Bonchev–Trinajstić information content (AvgIpc) is 1.73. The lowest BCUT2D eigenvalue weighted by Crippen LogP contribution is -2.26. The number of amides is 2. The van der Waals surface area contributed by atoms with Gasteiger partial charge in [0.15, 0.2) is 11.5 Å². The summed E-state index contributed by atoms with van der Waals surface area (Å²) >= 11 is 4.26. The molecule has 0 spiro atoms. The van der Waals surface area contributed by atoms with Gasteiger partial charge in [0.1, 0.15) is 23.3 Å². The highest BCUT2D eigenvalue weighted by atomic mass is 79.9. The molecule has 0 unspecified atom stereocenters. The SMILES string of the molecule is Cc1ccc([N+](=O)[O-])cc1S(=O)(=O)N(C)/N=C/c1cnc2ccc(Br)cn12.Cc1ccccc1-n1c(Cn2cnc3c(N)ncnc32)nc2cccc(C)c2c1=O.Cn1c(=O)n(-c2ccc(C(C)(C)C#N)cc2)c2c3cc(-c4cnc5ccccc5c4)ccc3ncc21.O=C1NC(=O)/C(=C/c2ccc3nccnc3c2)S1. The van der Waals surface area contributed by atoms with Crippen LogP contribution < -0.4 is 22.3 Å². The summed E-state index contributed by atoms with van der Waals surface area (Å²) in [5, 5.41) is 28.9. The third-order valence-electron chi connectivity index (χ3n) is 18.5. The molecule has 9 aromatic heterocycles. The van der Waals surface area contributed by atoms with E-state index in [1.165, 1.54) is 31.7 Å². The number of imide groups is 1. The Labute approximate surface area is 644 Å². The number of nitrogen functional groups attached to an aromatic ring is 1. The van der Waals surface area contributed by atoms with Crippen molar-refractivity contribution >= 4 is 144 Å². The highest BCUT2D eigenvalue weighted by Gasteiger charge is 2.28. The van der Waals surface area contributed by atoms with Crippen LogP contribution in [0.1, 0.15) is 53.2 Å². The van der Waals surface area contributed by atoms with Crippen molar-refractivity contribution in [3.8, 4) is 28.6 Å². The van der Waals surface area contributed by atoms with E-state index in [2.05, 4.69) is 90.5 Å². The fourth-order valence-electron chi connectivity index (χ4n) is 12.6. The second kappa shape index (κ2) is 30.4. The van der Waals surface area contributed by atoms with Gasteiger partial charge in [0, 0.05) is 71.8 Å². The first-order valence-electron chi connectivity index (χ1n) is 34.1. The quantitative estimate of drug-likeness (QED) is 0.0496. The predicted octanol–water partition coefficient (Wildman–Crippen LogP) is 13.6. The molecule has 0 saturated carbocycles. The summed E-state index contributed by atoms with van der Waals surface area (Å²) in [7, 11) is -1.02. The number of benzene rings is 7. The Morgan fingerprint density at radius 3 is 2.24 bits per heavy atom. The number of nitriles is 1. The highest BCUT2D eigenvalue weighted by Crippen LogP contribution is 2.34. The van der Waals surface area contributed by atoms with Gasteiger partial charge in [-0.1, -0.05) is 78.9 Å². The van der Waals surface area contributed by atoms with Gasteiger partial charge in [-0.15, -0.1) is 0 Å². The standard InChI is InChI=1S/C30H23N5O.C22H19N7O.C16H14BrN5O4S.C12H7N3O2S/c1-30(2,18-31)22-9-11-23(12-10-22)35-28-24-15-19(21-14-20-6-4-5-7-25(20)32-16-21)8-13-26(24)33-17-27(28)34(3)29(35)36;1-13-6-3-4-9-16(13)29-17(27-15-8-5-7-14(2)18(15)22(29)30)10-28-12-26-19-20(23)24-11-25-21(19)28;1-11-3-5-13(22(23)24)7-15(11)27(25,26)20(2)19-9-14-8-18-16-6-4-12(17)10-21(14)16;16-11-10(18-12(17)15-11)6-7-1-2-8-9(5-7)14-4-3-13-8/h4-17H,1-3H3;3-9,11-12H,10H2,1-2H3,(H2,23,24,25);3-10H,1-2H3;1-6H,(H,15,16,17)/b;;19-9+;10-6-. The molecule has 3 N–H and O–H groups in total. The van der Waals surface area contributed by atoms with E-state index in [1.54, 1.807) is 81.5 Å². The summed E-state index contributed by atoms with van der Waals surface area (Å²) in [4.78, 5) is 99.3. The van der Waals surface area contributed by atoms with Gasteiger partial charge in [-0.05, 0) is 175 Å². The molecule has 1 fully saturated rings. The van der Waals surface area contributed by atoms with Crippen molar-refractivity contribution in [2.24, 2.45) is 12.1 Å². The van der Waals surface area contributed by atoms with Gasteiger partial charge >= 0.3 is 5.69 Å². The number of para-hydroxylation sites is 2. The van der Waals surface area contributed by atoms with E-state index >= 15 is 0 Å². The van der Waals surface area contributed by atoms with Crippen molar-refractivity contribution in [2.45, 2.75) is 51.5 Å². The zero-order valence-corrected chi connectivity index (χ0v) is 63.4. The monoisotopic (exact) mass is 1570 g/mol. The molecule has 16 aromatic rings. The third kappa shape index (κ3) is 14.9. The van der Waals surface area contributed by atoms with Gasteiger partial charge < -0.3 is 10.3 Å². The minimum absolute atomic E-state index is 0.0963. The lowest BCUT2D eigenvalue weighted by molar-refractivity contribution is -0.385. The van der Waals surface area contributed by atoms with Crippen LogP contribution in [0.15, 0.2) is 243 Å². The fourth-order valence-corrected chi connectivity index (χ4v) is 14.8. The number of sulfonamides is 1. The summed E-state index contributed by atoms with van der Waals surface area (Å²) in [5.74, 6) is 0.547. The van der Waals surface area contributed by atoms with Gasteiger partial charge in [-0.3, -0.25) is 67.9 Å². The lowest BCUT2D eigenvalue weighted by Gasteiger charge is -2.16. The molecule has 550 valence electrons. The van der Waals surface area contributed by atoms with Gasteiger partial charge in [-0.25, -0.2) is 29.7 Å². The topological polar surface area (TPSA) is 363 Å². The molecular formula is C80H63BrN20O8S2. The molecule has 1 aliphatic rings. The number of halogens is 1. The zero-order chi connectivity index (χ0) is 78.2. The first kappa shape index (κ1) is 74.0. The van der Waals surface area contributed by atoms with Crippen LogP contribution in [-0.4, -0.2) is 110 Å². The Morgan fingerprint density at radius 1 is 0.739 bits per heavy atom. The first-order valence-corrected chi connectivity index (χ1v) is 37.1. The molecule has 31 heteroatoms. The summed E-state index contributed by atoms with van der Waals surface area (Å²) < 4.78 is 35.7. The molecule has 0 atom stereocenters. The molecule has 2 amide bonds. The second-order valence-corrected chi connectivity index (χ2v) is 30.0.